The first-order chi connectivity index (χ1) is 13.3. The molecule has 0 radical (unpaired) electrons. The van der Waals surface area contributed by atoms with Gasteiger partial charge in [-0.15, -0.1) is 0 Å². The van der Waals surface area contributed by atoms with Crippen LogP contribution >= 0.6 is 0 Å². The van der Waals surface area contributed by atoms with Gasteiger partial charge < -0.3 is 19.5 Å². The predicted molar refractivity (Wildman–Crippen MR) is 113 cm³/mol. The molecule has 0 unspecified atom stereocenters. The molecule has 5 heteroatoms. The molecule has 0 aliphatic heterocycles. The Kier molecular flexibility index (Phi) is 10.9. The number of benzene rings is 1. The summed E-state index contributed by atoms with van der Waals surface area (Å²) in [6.45, 7) is 12.2. The molecule has 0 aliphatic carbocycles. The highest BCUT2D eigenvalue weighted by molar-refractivity contribution is 5.68. The third-order valence-electron chi connectivity index (χ3n) is 4.72. The molecule has 1 rings (SSSR count). The molecule has 0 aliphatic rings. The lowest BCUT2D eigenvalue weighted by Crippen LogP contribution is -2.41. The standard InChI is InChI=1S/C23H37NO4/c1-7-11-21(14-15-27-23(26)24(17(2)3)18(4)5)22(25)19(6)28-16-20-12-9-8-10-13-20/h8-10,12-15,17-19,21-22,25H,7,11,16H2,1-6H3/b15-14-/t19-,21+,22-/m0/s1. The largest absolute Gasteiger partial charge is 0.418 e. The number of hydrogen-bond acceptors (Lipinski definition) is 4. The fourth-order valence-electron chi connectivity index (χ4n) is 3.24. The van der Waals surface area contributed by atoms with E-state index in [2.05, 4.69) is 6.92 Å². The fraction of sp³-hybridized carbons (Fsp3) is 0.609. The van der Waals surface area contributed by atoms with Gasteiger partial charge in [-0.2, -0.15) is 0 Å². The van der Waals surface area contributed by atoms with Gasteiger partial charge in [-0.1, -0.05) is 43.7 Å². The van der Waals surface area contributed by atoms with Crippen LogP contribution in [0.5, 0.6) is 0 Å². The quantitative estimate of drug-likeness (QED) is 0.531. The number of carbonyl (C=O) groups is 1. The summed E-state index contributed by atoms with van der Waals surface area (Å²) in [5.41, 5.74) is 1.07. The molecule has 1 amide bonds. The smallest absolute Gasteiger partial charge is 0.415 e. The number of aliphatic hydroxyl groups is 1. The molecule has 0 spiro atoms. The molecular weight excluding hydrogens is 354 g/mol. The number of nitrogens with zero attached hydrogens (tertiary/aromatic N) is 1. The molecule has 1 aromatic carbocycles. The summed E-state index contributed by atoms with van der Waals surface area (Å²) in [7, 11) is 0. The van der Waals surface area contributed by atoms with E-state index in [0.29, 0.717) is 6.61 Å². The molecule has 0 heterocycles. The van der Waals surface area contributed by atoms with Gasteiger partial charge in [0.05, 0.1) is 25.1 Å². The van der Waals surface area contributed by atoms with Crippen LogP contribution < -0.4 is 0 Å². The van der Waals surface area contributed by atoms with Crippen molar-refractivity contribution in [2.45, 2.75) is 85.3 Å². The summed E-state index contributed by atoms with van der Waals surface area (Å²) >= 11 is 0. The molecule has 3 atom stereocenters. The average molecular weight is 392 g/mol. The van der Waals surface area contributed by atoms with Gasteiger partial charge in [0.2, 0.25) is 0 Å². The lowest BCUT2D eigenvalue weighted by molar-refractivity contribution is -0.0530. The summed E-state index contributed by atoms with van der Waals surface area (Å²) in [4.78, 5) is 14.0. The van der Waals surface area contributed by atoms with Gasteiger partial charge in [0, 0.05) is 18.0 Å². The first kappa shape index (κ1) is 24.2. The molecule has 1 N–H and O–H groups in total. The number of amides is 1. The summed E-state index contributed by atoms with van der Waals surface area (Å²) in [5.74, 6) is -0.143. The van der Waals surface area contributed by atoms with Crippen molar-refractivity contribution in [2.24, 2.45) is 5.92 Å². The number of carbonyl (C=O) groups excluding carboxylic acids is 1. The van der Waals surface area contributed by atoms with Crippen molar-refractivity contribution >= 4 is 6.09 Å². The Bertz CT molecular complexity index is 578. The number of hydrogen-bond donors (Lipinski definition) is 1. The van der Waals surface area contributed by atoms with Crippen LogP contribution in [0.3, 0.4) is 0 Å². The van der Waals surface area contributed by atoms with Crippen molar-refractivity contribution in [3.63, 3.8) is 0 Å². The second-order valence-electron chi connectivity index (χ2n) is 7.75. The van der Waals surface area contributed by atoms with Crippen LogP contribution in [0.2, 0.25) is 0 Å². The Hall–Kier alpha value is -1.85. The molecule has 0 saturated carbocycles. The van der Waals surface area contributed by atoms with E-state index in [4.69, 9.17) is 9.47 Å². The third kappa shape index (κ3) is 8.03. The van der Waals surface area contributed by atoms with Gasteiger partial charge in [0.15, 0.2) is 0 Å². The minimum absolute atomic E-state index is 0.0596. The molecule has 158 valence electrons. The molecular formula is C23H37NO4. The van der Waals surface area contributed by atoms with Gasteiger partial charge in [-0.25, -0.2) is 4.79 Å². The Morgan fingerprint density at radius 2 is 1.71 bits per heavy atom. The Morgan fingerprint density at radius 3 is 2.25 bits per heavy atom. The molecule has 0 fully saturated rings. The van der Waals surface area contributed by atoms with Crippen LogP contribution in [0.25, 0.3) is 0 Å². The molecule has 0 saturated heterocycles. The molecule has 28 heavy (non-hydrogen) atoms. The summed E-state index contributed by atoms with van der Waals surface area (Å²) < 4.78 is 11.2. The van der Waals surface area contributed by atoms with Gasteiger partial charge in [-0.3, -0.25) is 0 Å². The predicted octanol–water partition coefficient (Wildman–Crippen LogP) is 5.14. The summed E-state index contributed by atoms with van der Waals surface area (Å²) in [5, 5.41) is 10.7. The Labute approximate surface area is 170 Å². The van der Waals surface area contributed by atoms with E-state index in [9.17, 15) is 9.90 Å². The van der Waals surface area contributed by atoms with Crippen LogP contribution in [-0.2, 0) is 16.1 Å². The van der Waals surface area contributed by atoms with E-state index < -0.39 is 6.10 Å². The highest BCUT2D eigenvalue weighted by Gasteiger charge is 2.24. The van der Waals surface area contributed by atoms with Crippen LogP contribution in [0, 0.1) is 5.92 Å². The molecule has 1 aromatic rings. The topological polar surface area (TPSA) is 59.0 Å². The van der Waals surface area contributed by atoms with Crippen molar-refractivity contribution in [1.29, 1.82) is 0 Å². The maximum absolute atomic E-state index is 12.3. The van der Waals surface area contributed by atoms with Crippen molar-refractivity contribution in [3.8, 4) is 0 Å². The highest BCUT2D eigenvalue weighted by atomic mass is 16.5. The molecule has 5 nitrogen and oxygen atoms in total. The van der Waals surface area contributed by atoms with Crippen molar-refractivity contribution < 1.29 is 19.4 Å². The van der Waals surface area contributed by atoms with Crippen LogP contribution in [0.1, 0.15) is 59.9 Å². The lowest BCUT2D eigenvalue weighted by Gasteiger charge is -2.29. The van der Waals surface area contributed by atoms with E-state index in [0.717, 1.165) is 18.4 Å². The van der Waals surface area contributed by atoms with E-state index in [-0.39, 0.29) is 30.2 Å². The zero-order valence-corrected chi connectivity index (χ0v) is 18.2. The minimum Gasteiger partial charge on any atom is -0.418 e. The number of ether oxygens (including phenoxy) is 2. The first-order valence-electron chi connectivity index (χ1n) is 10.3. The van der Waals surface area contributed by atoms with Crippen molar-refractivity contribution in [2.75, 3.05) is 0 Å². The average Bonchev–Trinajstić information content (AvgIpc) is 2.65. The maximum atomic E-state index is 12.3. The summed E-state index contributed by atoms with van der Waals surface area (Å²) in [6, 6.07) is 10.0. The normalized spacial score (nSPS) is 15.0. The van der Waals surface area contributed by atoms with Gasteiger partial charge in [0.1, 0.15) is 0 Å². The van der Waals surface area contributed by atoms with Crippen LogP contribution in [0.4, 0.5) is 4.79 Å². The van der Waals surface area contributed by atoms with E-state index >= 15 is 0 Å². The molecule has 0 aromatic heterocycles. The van der Waals surface area contributed by atoms with Gasteiger partial charge in [0.25, 0.3) is 0 Å². The maximum Gasteiger partial charge on any atom is 0.415 e. The monoisotopic (exact) mass is 391 g/mol. The van der Waals surface area contributed by atoms with E-state index in [1.165, 1.54) is 6.26 Å². The zero-order chi connectivity index (χ0) is 21.1. The Morgan fingerprint density at radius 1 is 1.11 bits per heavy atom. The molecule has 0 bridgehead atoms. The Balaban J connectivity index is 2.64. The first-order valence-corrected chi connectivity index (χ1v) is 10.3. The second kappa shape index (κ2) is 12.6. The van der Waals surface area contributed by atoms with Crippen molar-refractivity contribution in [1.82, 2.24) is 4.90 Å². The van der Waals surface area contributed by atoms with E-state index in [1.807, 2.05) is 65.0 Å². The SMILES string of the molecule is CCC[C@H](/C=C\OC(=O)N(C(C)C)C(C)C)[C@@H](O)[C@H](C)OCc1ccccc1. The zero-order valence-electron chi connectivity index (χ0n) is 18.2. The van der Waals surface area contributed by atoms with Crippen LogP contribution in [0.15, 0.2) is 42.7 Å². The number of rotatable bonds is 11. The number of aliphatic hydroxyl groups excluding tert-OH is 1. The highest BCUT2D eigenvalue weighted by Crippen LogP contribution is 2.19. The second-order valence-corrected chi connectivity index (χ2v) is 7.75. The van der Waals surface area contributed by atoms with Crippen LogP contribution in [-0.4, -0.2) is 40.4 Å². The van der Waals surface area contributed by atoms with Gasteiger partial charge in [-0.05, 0) is 52.7 Å². The van der Waals surface area contributed by atoms with Crippen molar-refractivity contribution in [3.05, 3.63) is 48.2 Å². The minimum atomic E-state index is -0.676. The third-order valence-corrected chi connectivity index (χ3v) is 4.72. The summed E-state index contributed by atoms with van der Waals surface area (Å²) in [6.07, 6.45) is 3.49. The lowest BCUT2D eigenvalue weighted by atomic mass is 9.94. The van der Waals surface area contributed by atoms with Gasteiger partial charge >= 0.3 is 6.09 Å². The van der Waals surface area contributed by atoms with E-state index in [1.54, 1.807) is 11.0 Å². The fourth-order valence-corrected chi connectivity index (χ4v) is 3.24.